The smallest absolute Gasteiger partial charge is 0.317 e. The number of amides is 2. The zero-order chi connectivity index (χ0) is 25.2. The Morgan fingerprint density at radius 3 is 2.63 bits per heavy atom. The van der Waals surface area contributed by atoms with Gasteiger partial charge in [0.25, 0.3) is 0 Å². The fourth-order valence-corrected chi connectivity index (χ4v) is 3.78. The number of methoxy groups -OCH3 is 1. The van der Waals surface area contributed by atoms with Gasteiger partial charge >= 0.3 is 6.03 Å². The van der Waals surface area contributed by atoms with Crippen LogP contribution in [0.2, 0.25) is 0 Å². The second-order valence-electron chi connectivity index (χ2n) is 8.21. The number of carbonyl (C=O) groups excluding carboxylic acids is 1. The van der Waals surface area contributed by atoms with E-state index in [0.717, 1.165) is 37.2 Å². The maximum atomic E-state index is 13.1. The summed E-state index contributed by atoms with van der Waals surface area (Å²) in [7, 11) is 3.38. The molecule has 3 aromatic rings. The molecule has 0 radical (unpaired) electrons. The Bertz CT molecular complexity index is 1090. The molecule has 0 bridgehead atoms. The summed E-state index contributed by atoms with van der Waals surface area (Å²) < 4.78 is 38.0. The number of aryl methyl sites for hydroxylation is 1. The number of urea groups is 1. The summed E-state index contributed by atoms with van der Waals surface area (Å²) in [5, 5.41) is 6.55. The molecule has 2 aromatic carbocycles. The van der Waals surface area contributed by atoms with Crippen LogP contribution in [-0.4, -0.2) is 54.1 Å². The molecule has 3 N–H and O–H groups in total. The Labute approximate surface area is 203 Å². The average molecular weight is 488 g/mol. The first-order chi connectivity index (χ1) is 16.9. The first kappa shape index (κ1) is 26.1. The molecular formula is C25H31F2N5O3. The van der Waals surface area contributed by atoms with E-state index in [1.165, 1.54) is 16.8 Å². The minimum atomic E-state index is -0.775. The van der Waals surface area contributed by atoms with Crippen molar-refractivity contribution in [2.24, 2.45) is 12.8 Å². The van der Waals surface area contributed by atoms with Crippen molar-refractivity contribution in [3.8, 4) is 5.88 Å². The first-order valence-corrected chi connectivity index (χ1v) is 11.3. The number of anilines is 1. The molecule has 1 unspecified atom stereocenters. The van der Waals surface area contributed by atoms with Crippen molar-refractivity contribution >= 4 is 11.8 Å². The van der Waals surface area contributed by atoms with Gasteiger partial charge in [-0.1, -0.05) is 36.4 Å². The third-order valence-corrected chi connectivity index (χ3v) is 5.64. The lowest BCUT2D eigenvalue weighted by Crippen LogP contribution is -2.24. The predicted molar refractivity (Wildman–Crippen MR) is 129 cm³/mol. The molecule has 4 rings (SSSR count). The molecule has 1 aliphatic rings. The maximum absolute atomic E-state index is 13.1. The highest BCUT2D eigenvalue weighted by atomic mass is 19.2. The number of nitrogens with two attached hydrogens (primary N) is 1. The van der Waals surface area contributed by atoms with Crippen LogP contribution in [0.1, 0.15) is 23.5 Å². The van der Waals surface area contributed by atoms with Crippen molar-refractivity contribution in [1.82, 2.24) is 14.7 Å². The van der Waals surface area contributed by atoms with Crippen LogP contribution in [-0.2, 0) is 18.4 Å². The van der Waals surface area contributed by atoms with Crippen LogP contribution in [0.25, 0.3) is 0 Å². The van der Waals surface area contributed by atoms with Crippen LogP contribution in [0.5, 0.6) is 5.88 Å². The van der Waals surface area contributed by atoms with E-state index < -0.39 is 17.7 Å². The molecule has 1 fully saturated rings. The fourth-order valence-electron chi connectivity index (χ4n) is 3.78. The van der Waals surface area contributed by atoms with Gasteiger partial charge in [0, 0.05) is 33.3 Å². The third-order valence-electron chi connectivity index (χ3n) is 5.64. The molecule has 2 heterocycles. The van der Waals surface area contributed by atoms with E-state index in [1.54, 1.807) is 26.3 Å². The molecule has 2 amide bonds. The Morgan fingerprint density at radius 1 is 1.17 bits per heavy atom. The second-order valence-corrected chi connectivity index (χ2v) is 8.21. The number of benzene rings is 2. The summed E-state index contributed by atoms with van der Waals surface area (Å²) in [5.74, 6) is -0.293. The van der Waals surface area contributed by atoms with E-state index in [-0.39, 0.29) is 0 Å². The Hall–Kier alpha value is -3.50. The Morgan fingerprint density at radius 2 is 1.94 bits per heavy atom. The molecule has 1 atom stereocenters. The number of nitrogens with zero attached hydrogens (tertiary/aromatic N) is 3. The number of ether oxygens (including phenoxy) is 2. The molecule has 0 spiro atoms. The number of aromatic nitrogens is 2. The molecule has 1 aliphatic heterocycles. The van der Waals surface area contributed by atoms with E-state index in [4.69, 9.17) is 15.2 Å². The molecule has 0 aliphatic carbocycles. The quantitative estimate of drug-likeness (QED) is 0.503. The van der Waals surface area contributed by atoms with E-state index in [9.17, 15) is 13.6 Å². The van der Waals surface area contributed by atoms with Crippen molar-refractivity contribution < 1.29 is 23.0 Å². The number of rotatable bonds is 8. The fraction of sp³-hybridized carbons (Fsp3) is 0.360. The van der Waals surface area contributed by atoms with Gasteiger partial charge in [-0.05, 0) is 42.1 Å². The van der Waals surface area contributed by atoms with E-state index >= 15 is 0 Å². The summed E-state index contributed by atoms with van der Waals surface area (Å²) >= 11 is 0. The lowest BCUT2D eigenvalue weighted by molar-refractivity contribution is 0.160. The normalized spacial score (nSPS) is 15.4. The van der Waals surface area contributed by atoms with Gasteiger partial charge in [-0.3, -0.25) is 5.32 Å². The van der Waals surface area contributed by atoms with Crippen molar-refractivity contribution in [1.29, 1.82) is 0 Å². The number of carbonyl (C=O) groups is 1. The monoisotopic (exact) mass is 487 g/mol. The first-order valence-electron chi connectivity index (χ1n) is 11.3. The molecule has 0 saturated carbocycles. The molecular weight excluding hydrogens is 456 g/mol. The molecule has 1 aromatic heterocycles. The topological polar surface area (TPSA) is 94.6 Å². The molecule has 1 saturated heterocycles. The van der Waals surface area contributed by atoms with Crippen molar-refractivity contribution in [2.45, 2.75) is 18.9 Å². The van der Waals surface area contributed by atoms with Gasteiger partial charge in [-0.15, -0.1) is 5.10 Å². The number of nitrogens with one attached hydrogen (secondary N) is 1. The highest BCUT2D eigenvalue weighted by Crippen LogP contribution is 2.27. The Kier molecular flexibility index (Phi) is 9.56. The lowest BCUT2D eigenvalue weighted by atomic mass is 9.98. The van der Waals surface area contributed by atoms with E-state index in [2.05, 4.69) is 15.3 Å². The minimum Gasteiger partial charge on any atom is -0.472 e. The minimum absolute atomic E-state index is 0.307. The molecule has 35 heavy (non-hydrogen) atoms. The predicted octanol–water partition coefficient (Wildman–Crippen LogP) is 3.89. The lowest BCUT2D eigenvalue weighted by Gasteiger charge is -2.15. The zero-order valence-electron chi connectivity index (χ0n) is 19.9. The van der Waals surface area contributed by atoms with Crippen LogP contribution in [0, 0.1) is 11.6 Å². The van der Waals surface area contributed by atoms with Gasteiger partial charge in [0.2, 0.25) is 5.88 Å². The van der Waals surface area contributed by atoms with Gasteiger partial charge in [-0.2, -0.15) is 0 Å². The summed E-state index contributed by atoms with van der Waals surface area (Å²) in [5.41, 5.74) is 6.98. The van der Waals surface area contributed by atoms with E-state index in [0.29, 0.717) is 30.8 Å². The highest BCUT2D eigenvalue weighted by Gasteiger charge is 2.24. The van der Waals surface area contributed by atoms with Gasteiger partial charge < -0.3 is 20.1 Å². The summed E-state index contributed by atoms with van der Waals surface area (Å²) in [6.07, 6.45) is 0.995. The number of hydrogen-bond donors (Lipinski definition) is 2. The molecule has 10 heteroatoms. The van der Waals surface area contributed by atoms with Crippen molar-refractivity contribution in [3.05, 3.63) is 77.4 Å². The average Bonchev–Trinajstić information content (AvgIpc) is 3.45. The van der Waals surface area contributed by atoms with Crippen LogP contribution in [0.15, 0.2) is 54.6 Å². The second kappa shape index (κ2) is 12.8. The number of hydrogen-bond acceptors (Lipinski definition) is 5. The highest BCUT2D eigenvalue weighted by molar-refractivity contribution is 5.86. The number of halogens is 2. The SMILES string of the molecule is COCCN1CCC(c2ccc(F)c(F)c2)C1.Cn1nc(OCc2ccccc2)cc1NC(N)=O. The third kappa shape index (κ3) is 8.04. The largest absolute Gasteiger partial charge is 0.472 e. The van der Waals surface area contributed by atoms with Gasteiger partial charge in [0.05, 0.1) is 6.61 Å². The molecule has 8 nitrogen and oxygen atoms in total. The summed E-state index contributed by atoms with van der Waals surface area (Å²) in [6.45, 7) is 3.93. The summed E-state index contributed by atoms with van der Waals surface area (Å²) in [4.78, 5) is 13.0. The number of primary amides is 1. The van der Waals surface area contributed by atoms with Crippen molar-refractivity contribution in [2.75, 3.05) is 38.7 Å². The van der Waals surface area contributed by atoms with Crippen LogP contribution in [0.4, 0.5) is 19.4 Å². The van der Waals surface area contributed by atoms with Crippen molar-refractivity contribution in [3.63, 3.8) is 0 Å². The summed E-state index contributed by atoms with van der Waals surface area (Å²) in [6, 6.07) is 15.0. The molecule has 188 valence electrons. The van der Waals surface area contributed by atoms with Crippen LogP contribution >= 0.6 is 0 Å². The zero-order valence-corrected chi connectivity index (χ0v) is 19.9. The van der Waals surface area contributed by atoms with Gasteiger partial charge in [-0.25, -0.2) is 18.3 Å². The van der Waals surface area contributed by atoms with Crippen LogP contribution < -0.4 is 15.8 Å². The number of likely N-dealkylation sites (tertiary alicyclic amines) is 1. The van der Waals surface area contributed by atoms with Gasteiger partial charge in [0.15, 0.2) is 11.6 Å². The standard InChI is InChI=1S/C13H17F2NO.C12H14N4O2/c1-17-7-6-16-5-4-11(9-16)10-2-3-12(14)13(15)8-10;1-16-10(14-12(13)17)7-11(15-16)18-8-9-5-3-2-4-6-9/h2-3,8,11H,4-7,9H2,1H3;2-7H,8H2,1H3,(H3,13,14,17). The van der Waals surface area contributed by atoms with Crippen LogP contribution in [0.3, 0.4) is 0 Å². The van der Waals surface area contributed by atoms with Gasteiger partial charge in [0.1, 0.15) is 12.4 Å². The Balaban J connectivity index is 0.000000196. The maximum Gasteiger partial charge on any atom is 0.317 e. The van der Waals surface area contributed by atoms with E-state index in [1.807, 2.05) is 30.3 Å².